The number of hydrogen-bond acceptors (Lipinski definition) is 4. The maximum Gasteiger partial charge on any atom is 0.251 e. The SMILES string of the molecule is COc1ccc(C(=O)NC[C@@H]2COc3ccccc3O2)cc1C. The summed E-state index contributed by atoms with van der Waals surface area (Å²) in [6.45, 7) is 2.71. The van der Waals surface area contributed by atoms with Crippen LogP contribution in [0.3, 0.4) is 0 Å². The van der Waals surface area contributed by atoms with Crippen LogP contribution < -0.4 is 19.5 Å². The van der Waals surface area contributed by atoms with Gasteiger partial charge in [0, 0.05) is 5.56 Å². The van der Waals surface area contributed by atoms with E-state index < -0.39 is 0 Å². The highest BCUT2D eigenvalue weighted by molar-refractivity contribution is 5.94. The minimum Gasteiger partial charge on any atom is -0.496 e. The zero-order chi connectivity index (χ0) is 16.2. The van der Waals surface area contributed by atoms with Gasteiger partial charge in [-0.05, 0) is 42.8 Å². The predicted molar refractivity (Wildman–Crippen MR) is 86.4 cm³/mol. The van der Waals surface area contributed by atoms with E-state index in [2.05, 4.69) is 5.32 Å². The van der Waals surface area contributed by atoms with Gasteiger partial charge < -0.3 is 19.5 Å². The average Bonchev–Trinajstić information content (AvgIpc) is 2.59. The molecule has 1 atom stereocenters. The van der Waals surface area contributed by atoms with E-state index in [9.17, 15) is 4.79 Å². The van der Waals surface area contributed by atoms with E-state index in [-0.39, 0.29) is 12.0 Å². The van der Waals surface area contributed by atoms with Crippen molar-refractivity contribution in [3.8, 4) is 17.2 Å². The molecule has 1 aliphatic rings. The lowest BCUT2D eigenvalue weighted by molar-refractivity contribution is 0.0789. The summed E-state index contributed by atoms with van der Waals surface area (Å²) < 4.78 is 16.6. The molecule has 0 unspecified atom stereocenters. The van der Waals surface area contributed by atoms with Gasteiger partial charge in [-0.3, -0.25) is 4.79 Å². The minimum absolute atomic E-state index is 0.141. The molecule has 120 valence electrons. The molecule has 1 N–H and O–H groups in total. The first-order valence-corrected chi connectivity index (χ1v) is 7.48. The molecule has 3 rings (SSSR count). The molecule has 1 aliphatic heterocycles. The van der Waals surface area contributed by atoms with Crippen LogP contribution in [0.1, 0.15) is 15.9 Å². The molecule has 0 aromatic heterocycles. The van der Waals surface area contributed by atoms with Crippen molar-refractivity contribution in [3.05, 3.63) is 53.6 Å². The van der Waals surface area contributed by atoms with Gasteiger partial charge in [-0.25, -0.2) is 0 Å². The molecule has 1 heterocycles. The number of aryl methyl sites for hydroxylation is 1. The Labute approximate surface area is 135 Å². The van der Waals surface area contributed by atoms with E-state index in [0.717, 1.165) is 17.1 Å². The Hall–Kier alpha value is -2.69. The van der Waals surface area contributed by atoms with E-state index >= 15 is 0 Å². The van der Waals surface area contributed by atoms with Gasteiger partial charge in [-0.2, -0.15) is 0 Å². The summed E-state index contributed by atoms with van der Waals surface area (Å²) in [5, 5.41) is 2.88. The number of ether oxygens (including phenoxy) is 3. The Morgan fingerprint density at radius 2 is 2.04 bits per heavy atom. The van der Waals surface area contributed by atoms with Crippen molar-refractivity contribution in [2.45, 2.75) is 13.0 Å². The average molecular weight is 313 g/mol. The lowest BCUT2D eigenvalue weighted by Crippen LogP contribution is -2.40. The topological polar surface area (TPSA) is 56.8 Å². The van der Waals surface area contributed by atoms with Gasteiger partial charge in [0.2, 0.25) is 0 Å². The number of fused-ring (bicyclic) bond motifs is 1. The highest BCUT2D eigenvalue weighted by atomic mass is 16.6. The van der Waals surface area contributed by atoms with Gasteiger partial charge in [0.1, 0.15) is 18.5 Å². The van der Waals surface area contributed by atoms with Crippen molar-refractivity contribution in [2.75, 3.05) is 20.3 Å². The number of hydrogen-bond donors (Lipinski definition) is 1. The van der Waals surface area contributed by atoms with E-state index in [1.807, 2.05) is 37.3 Å². The third-order valence-electron chi connectivity index (χ3n) is 3.71. The summed E-state index contributed by atoms with van der Waals surface area (Å²) >= 11 is 0. The van der Waals surface area contributed by atoms with Crippen LogP contribution in [0.15, 0.2) is 42.5 Å². The second-order valence-corrected chi connectivity index (χ2v) is 5.39. The van der Waals surface area contributed by atoms with Gasteiger partial charge in [-0.1, -0.05) is 12.1 Å². The first-order chi connectivity index (χ1) is 11.2. The van der Waals surface area contributed by atoms with Crippen molar-refractivity contribution in [1.82, 2.24) is 5.32 Å². The van der Waals surface area contributed by atoms with Crippen LogP contribution in [0.5, 0.6) is 17.2 Å². The Morgan fingerprint density at radius 3 is 2.78 bits per heavy atom. The zero-order valence-corrected chi connectivity index (χ0v) is 13.2. The standard InChI is InChI=1S/C18H19NO4/c1-12-9-13(7-8-15(12)21-2)18(20)19-10-14-11-22-16-5-3-4-6-17(16)23-14/h3-9,14H,10-11H2,1-2H3,(H,19,20)/t14-/m1/s1. The maximum absolute atomic E-state index is 12.2. The smallest absolute Gasteiger partial charge is 0.251 e. The molecule has 5 heteroatoms. The Morgan fingerprint density at radius 1 is 1.26 bits per heavy atom. The number of carbonyl (C=O) groups excluding carboxylic acids is 1. The Bertz CT molecular complexity index is 714. The summed E-state index contributed by atoms with van der Waals surface area (Å²) in [5.74, 6) is 2.07. The van der Waals surface area contributed by atoms with Crippen LogP contribution in [-0.4, -0.2) is 32.3 Å². The number of para-hydroxylation sites is 2. The Balaban J connectivity index is 1.58. The molecule has 0 bridgehead atoms. The molecular weight excluding hydrogens is 294 g/mol. The van der Waals surface area contributed by atoms with Crippen molar-refractivity contribution in [3.63, 3.8) is 0 Å². The first-order valence-electron chi connectivity index (χ1n) is 7.48. The van der Waals surface area contributed by atoms with Gasteiger partial charge in [-0.15, -0.1) is 0 Å². The fraction of sp³-hybridized carbons (Fsp3) is 0.278. The second-order valence-electron chi connectivity index (χ2n) is 5.39. The normalized spacial score (nSPS) is 15.8. The number of methoxy groups -OCH3 is 1. The highest BCUT2D eigenvalue weighted by Crippen LogP contribution is 2.30. The van der Waals surface area contributed by atoms with Crippen LogP contribution in [0, 0.1) is 6.92 Å². The van der Waals surface area contributed by atoms with Crippen LogP contribution in [0.25, 0.3) is 0 Å². The van der Waals surface area contributed by atoms with Gasteiger partial charge >= 0.3 is 0 Å². The number of rotatable bonds is 4. The summed E-state index contributed by atoms with van der Waals surface area (Å²) in [6, 6.07) is 12.9. The first kappa shape index (κ1) is 15.2. The molecule has 1 amide bonds. The van der Waals surface area contributed by atoms with Crippen molar-refractivity contribution in [2.24, 2.45) is 0 Å². The lowest BCUT2D eigenvalue weighted by atomic mass is 10.1. The third kappa shape index (κ3) is 3.39. The summed E-state index contributed by atoms with van der Waals surface area (Å²) in [6.07, 6.45) is -0.201. The molecule has 0 saturated heterocycles. The van der Waals surface area contributed by atoms with Gasteiger partial charge in [0.05, 0.1) is 13.7 Å². The van der Waals surface area contributed by atoms with E-state index in [4.69, 9.17) is 14.2 Å². The third-order valence-corrected chi connectivity index (χ3v) is 3.71. The number of amides is 1. The number of nitrogens with one attached hydrogen (secondary N) is 1. The monoisotopic (exact) mass is 313 g/mol. The lowest BCUT2D eigenvalue weighted by Gasteiger charge is -2.26. The van der Waals surface area contributed by atoms with E-state index in [1.165, 1.54) is 0 Å². The van der Waals surface area contributed by atoms with Crippen molar-refractivity contribution >= 4 is 5.91 Å². The molecule has 5 nitrogen and oxygen atoms in total. The molecule has 0 fully saturated rings. The Kier molecular flexibility index (Phi) is 4.37. The summed E-state index contributed by atoms with van der Waals surface area (Å²) in [4.78, 5) is 12.2. The van der Waals surface area contributed by atoms with Crippen LogP contribution >= 0.6 is 0 Å². The highest BCUT2D eigenvalue weighted by Gasteiger charge is 2.21. The molecule has 0 aliphatic carbocycles. The van der Waals surface area contributed by atoms with Crippen LogP contribution in [0.4, 0.5) is 0 Å². The summed E-state index contributed by atoms with van der Waals surface area (Å²) in [7, 11) is 1.61. The van der Waals surface area contributed by atoms with E-state index in [0.29, 0.717) is 24.5 Å². The minimum atomic E-state index is -0.201. The number of benzene rings is 2. The number of carbonyl (C=O) groups is 1. The fourth-order valence-corrected chi connectivity index (χ4v) is 2.49. The van der Waals surface area contributed by atoms with Crippen molar-refractivity contribution < 1.29 is 19.0 Å². The van der Waals surface area contributed by atoms with E-state index in [1.54, 1.807) is 19.2 Å². The zero-order valence-electron chi connectivity index (χ0n) is 13.2. The van der Waals surface area contributed by atoms with Crippen molar-refractivity contribution in [1.29, 1.82) is 0 Å². The van der Waals surface area contributed by atoms with Gasteiger partial charge in [0.25, 0.3) is 5.91 Å². The molecule has 0 spiro atoms. The summed E-state index contributed by atoms with van der Waals surface area (Å²) in [5.41, 5.74) is 1.52. The largest absolute Gasteiger partial charge is 0.496 e. The van der Waals surface area contributed by atoms with Crippen LogP contribution in [0.2, 0.25) is 0 Å². The molecular formula is C18H19NO4. The molecule has 2 aromatic rings. The predicted octanol–water partition coefficient (Wildman–Crippen LogP) is 2.57. The maximum atomic E-state index is 12.2. The quantitative estimate of drug-likeness (QED) is 0.942. The van der Waals surface area contributed by atoms with Gasteiger partial charge in [0.15, 0.2) is 11.5 Å². The fourth-order valence-electron chi connectivity index (χ4n) is 2.49. The molecule has 0 saturated carbocycles. The second kappa shape index (κ2) is 6.60. The van der Waals surface area contributed by atoms with Crippen LogP contribution in [-0.2, 0) is 0 Å². The molecule has 2 aromatic carbocycles. The molecule has 0 radical (unpaired) electrons. The molecule has 23 heavy (non-hydrogen) atoms.